The second-order valence-corrected chi connectivity index (χ2v) is 4.11. The largest absolute Gasteiger partial charge is 0.390 e. The van der Waals surface area contributed by atoms with Gasteiger partial charge in [0.25, 0.3) is 0 Å². The summed E-state index contributed by atoms with van der Waals surface area (Å²) in [5.41, 5.74) is 4.33. The quantitative estimate of drug-likeness (QED) is 0.601. The molecule has 1 atom stereocenters. The zero-order valence-electron chi connectivity index (χ0n) is 8.63. The number of hydrogen-bond donors (Lipinski definition) is 3. The summed E-state index contributed by atoms with van der Waals surface area (Å²) in [6, 6.07) is -0.407. The van der Waals surface area contributed by atoms with Crippen molar-refractivity contribution >= 4 is 6.03 Å². The van der Waals surface area contributed by atoms with Crippen molar-refractivity contribution in [3.8, 4) is 0 Å². The number of urea groups is 1. The van der Waals surface area contributed by atoms with Gasteiger partial charge in [0.05, 0.1) is 5.60 Å². The lowest BCUT2D eigenvalue weighted by atomic mass is 10.00. The van der Waals surface area contributed by atoms with Crippen molar-refractivity contribution in [3.05, 3.63) is 0 Å². The van der Waals surface area contributed by atoms with Crippen LogP contribution in [0.4, 0.5) is 4.79 Å². The van der Waals surface area contributed by atoms with Gasteiger partial charge in [0, 0.05) is 6.04 Å². The van der Waals surface area contributed by atoms with Crippen LogP contribution in [0.25, 0.3) is 0 Å². The molecule has 0 aliphatic heterocycles. The summed E-state index contributed by atoms with van der Waals surface area (Å²) in [4.78, 5) is 10.4. The maximum absolute atomic E-state index is 10.4. The number of carbonyl (C=O) groups is 1. The minimum atomic E-state index is -0.619. The molecule has 78 valence electrons. The number of nitrogens with one attached hydrogen (secondary N) is 1. The van der Waals surface area contributed by atoms with Gasteiger partial charge in [0.15, 0.2) is 0 Å². The van der Waals surface area contributed by atoms with Crippen molar-refractivity contribution in [2.75, 3.05) is 0 Å². The lowest BCUT2D eigenvalue weighted by Gasteiger charge is -2.18. The smallest absolute Gasteiger partial charge is 0.312 e. The highest BCUT2D eigenvalue weighted by Crippen LogP contribution is 2.12. The van der Waals surface area contributed by atoms with Crippen LogP contribution in [0.1, 0.15) is 40.0 Å². The van der Waals surface area contributed by atoms with E-state index in [1.807, 2.05) is 6.92 Å². The summed E-state index contributed by atoms with van der Waals surface area (Å²) in [5, 5.41) is 12.0. The number of nitrogens with two attached hydrogens (primary N) is 1. The van der Waals surface area contributed by atoms with Crippen LogP contribution in [0, 0.1) is 0 Å². The fourth-order valence-electron chi connectivity index (χ4n) is 1.16. The van der Waals surface area contributed by atoms with E-state index in [0.717, 1.165) is 19.3 Å². The fraction of sp³-hybridized carbons (Fsp3) is 0.889. The summed E-state index contributed by atoms with van der Waals surface area (Å²) in [6.45, 7) is 5.45. The monoisotopic (exact) mass is 188 g/mol. The molecule has 0 aromatic heterocycles. The van der Waals surface area contributed by atoms with Crippen LogP contribution in [0.5, 0.6) is 0 Å². The first-order chi connectivity index (χ1) is 5.81. The molecular weight excluding hydrogens is 168 g/mol. The van der Waals surface area contributed by atoms with Gasteiger partial charge in [0.2, 0.25) is 0 Å². The molecular formula is C9H20N2O2. The zero-order valence-corrected chi connectivity index (χ0v) is 8.63. The Morgan fingerprint density at radius 3 is 2.54 bits per heavy atom. The van der Waals surface area contributed by atoms with Gasteiger partial charge in [-0.3, -0.25) is 0 Å². The molecule has 4 nitrogen and oxygen atoms in total. The van der Waals surface area contributed by atoms with Crippen molar-refractivity contribution in [3.63, 3.8) is 0 Å². The predicted molar refractivity (Wildman–Crippen MR) is 52.3 cm³/mol. The summed E-state index contributed by atoms with van der Waals surface area (Å²) in [6.07, 6.45) is 2.45. The Morgan fingerprint density at radius 2 is 2.15 bits per heavy atom. The minimum Gasteiger partial charge on any atom is -0.390 e. The van der Waals surface area contributed by atoms with E-state index in [9.17, 15) is 9.90 Å². The Kier molecular flexibility index (Phi) is 4.77. The van der Waals surface area contributed by atoms with Crippen molar-refractivity contribution < 1.29 is 9.90 Å². The van der Waals surface area contributed by atoms with Crippen molar-refractivity contribution in [1.29, 1.82) is 0 Å². The van der Waals surface area contributed by atoms with Gasteiger partial charge >= 0.3 is 6.03 Å². The maximum Gasteiger partial charge on any atom is 0.312 e. The highest BCUT2D eigenvalue weighted by atomic mass is 16.3. The number of primary amides is 1. The summed E-state index contributed by atoms with van der Waals surface area (Å²) < 4.78 is 0. The number of rotatable bonds is 5. The van der Waals surface area contributed by atoms with E-state index in [1.165, 1.54) is 0 Å². The summed E-state index contributed by atoms with van der Waals surface area (Å²) in [7, 11) is 0. The first kappa shape index (κ1) is 12.2. The van der Waals surface area contributed by atoms with E-state index < -0.39 is 11.6 Å². The van der Waals surface area contributed by atoms with Gasteiger partial charge in [-0.2, -0.15) is 0 Å². The third-order valence-corrected chi connectivity index (χ3v) is 1.81. The second-order valence-electron chi connectivity index (χ2n) is 4.11. The molecule has 0 aromatic rings. The van der Waals surface area contributed by atoms with Gasteiger partial charge in [-0.05, 0) is 40.0 Å². The molecule has 4 N–H and O–H groups in total. The average molecular weight is 188 g/mol. The number of aliphatic hydroxyl groups is 1. The van der Waals surface area contributed by atoms with Gasteiger partial charge in [-0.15, -0.1) is 0 Å². The molecule has 0 aliphatic carbocycles. The molecule has 0 bridgehead atoms. The van der Waals surface area contributed by atoms with E-state index in [0.29, 0.717) is 0 Å². The molecule has 0 rings (SSSR count). The number of carbonyl (C=O) groups excluding carboxylic acids is 1. The van der Waals surface area contributed by atoms with E-state index in [2.05, 4.69) is 5.32 Å². The Morgan fingerprint density at radius 1 is 1.62 bits per heavy atom. The molecule has 2 amide bonds. The van der Waals surface area contributed by atoms with Crippen molar-refractivity contribution in [1.82, 2.24) is 5.32 Å². The number of hydrogen-bond acceptors (Lipinski definition) is 2. The highest BCUT2D eigenvalue weighted by Gasteiger charge is 2.12. The standard InChI is InChI=1S/C9H20N2O2/c1-7(11-8(10)12)5-4-6-9(2,3)13/h7,13H,4-6H2,1-3H3,(H3,10,11,12). The molecule has 0 aromatic carbocycles. The van der Waals surface area contributed by atoms with E-state index in [1.54, 1.807) is 13.8 Å². The second kappa shape index (κ2) is 5.07. The van der Waals surface area contributed by atoms with Crippen LogP contribution in [0.15, 0.2) is 0 Å². The predicted octanol–water partition coefficient (Wildman–Crippen LogP) is 0.984. The molecule has 0 fully saturated rings. The maximum atomic E-state index is 10.4. The van der Waals surface area contributed by atoms with Crippen LogP contribution in [-0.4, -0.2) is 22.8 Å². The van der Waals surface area contributed by atoms with Crippen LogP contribution < -0.4 is 11.1 Å². The normalized spacial score (nSPS) is 13.8. The molecule has 0 spiro atoms. The zero-order chi connectivity index (χ0) is 10.5. The van der Waals surface area contributed by atoms with E-state index in [-0.39, 0.29) is 6.04 Å². The fourth-order valence-corrected chi connectivity index (χ4v) is 1.16. The molecule has 1 unspecified atom stereocenters. The van der Waals surface area contributed by atoms with Crippen molar-refractivity contribution in [2.24, 2.45) is 5.73 Å². The first-order valence-electron chi connectivity index (χ1n) is 4.59. The van der Waals surface area contributed by atoms with Gasteiger partial charge in [-0.25, -0.2) is 4.79 Å². The van der Waals surface area contributed by atoms with Crippen LogP contribution in [-0.2, 0) is 0 Å². The summed E-state index contributed by atoms with van der Waals surface area (Å²) in [5.74, 6) is 0. The minimum absolute atomic E-state index is 0.0832. The lowest BCUT2D eigenvalue weighted by Crippen LogP contribution is -2.36. The third-order valence-electron chi connectivity index (χ3n) is 1.81. The van der Waals surface area contributed by atoms with E-state index >= 15 is 0 Å². The average Bonchev–Trinajstić information content (AvgIpc) is 1.81. The molecule has 13 heavy (non-hydrogen) atoms. The van der Waals surface area contributed by atoms with Crippen LogP contribution in [0.2, 0.25) is 0 Å². The van der Waals surface area contributed by atoms with E-state index in [4.69, 9.17) is 5.73 Å². The Hall–Kier alpha value is -0.770. The first-order valence-corrected chi connectivity index (χ1v) is 4.59. The van der Waals surface area contributed by atoms with Crippen LogP contribution >= 0.6 is 0 Å². The highest BCUT2D eigenvalue weighted by molar-refractivity contribution is 5.71. The molecule has 0 aliphatic rings. The Bertz CT molecular complexity index is 163. The van der Waals surface area contributed by atoms with Gasteiger partial charge < -0.3 is 16.2 Å². The molecule has 0 saturated heterocycles. The summed E-state index contributed by atoms with van der Waals surface area (Å²) >= 11 is 0. The Balaban J connectivity index is 3.48. The molecule has 0 heterocycles. The topological polar surface area (TPSA) is 75.3 Å². The van der Waals surface area contributed by atoms with Crippen LogP contribution in [0.3, 0.4) is 0 Å². The number of amides is 2. The molecule has 0 radical (unpaired) electrons. The SMILES string of the molecule is CC(CCCC(C)(C)O)NC(N)=O. The molecule has 0 saturated carbocycles. The van der Waals surface area contributed by atoms with Gasteiger partial charge in [0.1, 0.15) is 0 Å². The van der Waals surface area contributed by atoms with Gasteiger partial charge in [-0.1, -0.05) is 0 Å². The molecule has 4 heteroatoms. The van der Waals surface area contributed by atoms with Crippen molar-refractivity contribution in [2.45, 2.75) is 51.7 Å². The lowest BCUT2D eigenvalue weighted by molar-refractivity contribution is 0.0676. The Labute approximate surface area is 79.5 Å². The third kappa shape index (κ3) is 9.14.